The molecule has 2 unspecified atom stereocenters. The van der Waals surface area contributed by atoms with E-state index in [1.807, 2.05) is 10.9 Å². The summed E-state index contributed by atoms with van der Waals surface area (Å²) in [7, 11) is 0. The molecule has 90 valence electrons. The molecule has 2 atom stereocenters. The third-order valence-electron chi connectivity index (χ3n) is 4.11. The van der Waals surface area contributed by atoms with E-state index in [0.717, 1.165) is 13.0 Å². The van der Waals surface area contributed by atoms with Gasteiger partial charge in [0.2, 0.25) is 0 Å². The van der Waals surface area contributed by atoms with Gasteiger partial charge in [-0.1, -0.05) is 26.2 Å². The van der Waals surface area contributed by atoms with Gasteiger partial charge in [-0.15, -0.1) is 0 Å². The Morgan fingerprint density at radius 1 is 1.50 bits per heavy atom. The van der Waals surface area contributed by atoms with Crippen molar-refractivity contribution >= 4 is 0 Å². The Morgan fingerprint density at radius 3 is 2.94 bits per heavy atom. The predicted molar refractivity (Wildman–Crippen MR) is 66.0 cm³/mol. The van der Waals surface area contributed by atoms with Gasteiger partial charge in [-0.2, -0.15) is 5.10 Å². The number of aromatic nitrogens is 2. The number of rotatable bonds is 3. The lowest BCUT2D eigenvalue weighted by molar-refractivity contribution is 0.184. The molecule has 1 saturated carbocycles. The standard InChI is InChI=1S/C13H23N3/c1-3-11-7-5-6-8-13(11,14)12-9-15-16(4-2)10-12/h9-11H,3-8,14H2,1-2H3. The van der Waals surface area contributed by atoms with Crippen LogP contribution < -0.4 is 5.73 Å². The van der Waals surface area contributed by atoms with Gasteiger partial charge in [0, 0.05) is 23.8 Å². The second-order valence-corrected chi connectivity index (χ2v) is 4.98. The van der Waals surface area contributed by atoms with Crippen LogP contribution in [-0.4, -0.2) is 9.78 Å². The van der Waals surface area contributed by atoms with Gasteiger partial charge in [0.05, 0.1) is 6.20 Å². The van der Waals surface area contributed by atoms with Crippen molar-refractivity contribution in [3.63, 3.8) is 0 Å². The second kappa shape index (κ2) is 4.58. The monoisotopic (exact) mass is 221 g/mol. The lowest BCUT2D eigenvalue weighted by Crippen LogP contribution is -2.45. The van der Waals surface area contributed by atoms with E-state index in [9.17, 15) is 0 Å². The Bertz CT molecular complexity index is 345. The first-order chi connectivity index (χ1) is 7.70. The molecule has 0 aromatic carbocycles. The largest absolute Gasteiger partial charge is 0.321 e. The molecule has 0 aliphatic heterocycles. The summed E-state index contributed by atoms with van der Waals surface area (Å²) in [4.78, 5) is 0. The molecule has 3 nitrogen and oxygen atoms in total. The van der Waals surface area contributed by atoms with Crippen LogP contribution in [0.2, 0.25) is 0 Å². The van der Waals surface area contributed by atoms with E-state index in [1.165, 1.54) is 31.2 Å². The van der Waals surface area contributed by atoms with Crippen molar-refractivity contribution in [2.24, 2.45) is 11.7 Å². The molecule has 0 spiro atoms. The summed E-state index contributed by atoms with van der Waals surface area (Å²) in [6.45, 7) is 5.28. The smallest absolute Gasteiger partial charge is 0.0540 e. The molecule has 1 fully saturated rings. The zero-order valence-corrected chi connectivity index (χ0v) is 10.4. The Kier molecular flexibility index (Phi) is 3.33. The molecule has 1 aromatic heterocycles. The summed E-state index contributed by atoms with van der Waals surface area (Å²) in [5.74, 6) is 0.621. The van der Waals surface area contributed by atoms with Crippen LogP contribution in [0.3, 0.4) is 0 Å². The van der Waals surface area contributed by atoms with Crippen LogP contribution in [0.15, 0.2) is 12.4 Å². The van der Waals surface area contributed by atoms with Gasteiger partial charge >= 0.3 is 0 Å². The van der Waals surface area contributed by atoms with Crippen LogP contribution in [0.25, 0.3) is 0 Å². The maximum Gasteiger partial charge on any atom is 0.0540 e. The normalized spacial score (nSPS) is 30.6. The molecule has 0 amide bonds. The van der Waals surface area contributed by atoms with Crippen molar-refractivity contribution in [3.05, 3.63) is 18.0 Å². The first kappa shape index (κ1) is 11.6. The van der Waals surface area contributed by atoms with Crippen LogP contribution in [0, 0.1) is 5.92 Å². The summed E-state index contributed by atoms with van der Waals surface area (Å²) < 4.78 is 1.98. The molecule has 1 aromatic rings. The SMILES string of the molecule is CCC1CCCCC1(N)c1cnn(CC)c1. The molecule has 0 radical (unpaired) electrons. The van der Waals surface area contributed by atoms with E-state index in [0.29, 0.717) is 5.92 Å². The van der Waals surface area contributed by atoms with E-state index in [2.05, 4.69) is 25.1 Å². The summed E-state index contributed by atoms with van der Waals surface area (Å²) in [5.41, 5.74) is 7.76. The predicted octanol–water partition coefficient (Wildman–Crippen LogP) is 2.66. The number of nitrogens with zero attached hydrogens (tertiary/aromatic N) is 2. The minimum atomic E-state index is -0.125. The highest BCUT2D eigenvalue weighted by atomic mass is 15.3. The lowest BCUT2D eigenvalue weighted by Gasteiger charge is -2.40. The topological polar surface area (TPSA) is 43.8 Å². The first-order valence-electron chi connectivity index (χ1n) is 6.52. The maximum absolute atomic E-state index is 6.65. The molecule has 0 saturated heterocycles. The van der Waals surface area contributed by atoms with Crippen LogP contribution in [0.1, 0.15) is 51.5 Å². The summed E-state index contributed by atoms with van der Waals surface area (Å²) in [6, 6.07) is 0. The van der Waals surface area contributed by atoms with Gasteiger partial charge in [0.25, 0.3) is 0 Å². The first-order valence-corrected chi connectivity index (χ1v) is 6.52. The Balaban J connectivity index is 2.27. The molecular formula is C13H23N3. The number of hydrogen-bond donors (Lipinski definition) is 1. The van der Waals surface area contributed by atoms with Crippen molar-refractivity contribution in [3.8, 4) is 0 Å². The van der Waals surface area contributed by atoms with E-state index in [-0.39, 0.29) is 5.54 Å². The van der Waals surface area contributed by atoms with Crippen molar-refractivity contribution in [2.45, 2.75) is 58.0 Å². The van der Waals surface area contributed by atoms with E-state index < -0.39 is 0 Å². The second-order valence-electron chi connectivity index (χ2n) is 4.98. The minimum absolute atomic E-state index is 0.125. The van der Waals surface area contributed by atoms with Crippen LogP contribution >= 0.6 is 0 Å². The van der Waals surface area contributed by atoms with Crippen LogP contribution in [0.5, 0.6) is 0 Å². The van der Waals surface area contributed by atoms with Gasteiger partial charge in [0.1, 0.15) is 0 Å². The quantitative estimate of drug-likeness (QED) is 0.852. The number of hydrogen-bond acceptors (Lipinski definition) is 2. The molecule has 3 heteroatoms. The van der Waals surface area contributed by atoms with Gasteiger partial charge in [-0.3, -0.25) is 4.68 Å². The lowest BCUT2D eigenvalue weighted by atomic mass is 9.69. The Hall–Kier alpha value is -0.830. The van der Waals surface area contributed by atoms with E-state index in [1.54, 1.807) is 0 Å². The van der Waals surface area contributed by atoms with Gasteiger partial charge in [-0.25, -0.2) is 0 Å². The Morgan fingerprint density at radius 2 is 2.31 bits per heavy atom. The van der Waals surface area contributed by atoms with Crippen molar-refractivity contribution in [2.75, 3.05) is 0 Å². The average molecular weight is 221 g/mol. The number of aryl methyl sites for hydroxylation is 1. The highest BCUT2D eigenvalue weighted by Gasteiger charge is 2.38. The molecule has 2 rings (SSSR count). The number of nitrogens with two attached hydrogens (primary N) is 1. The van der Waals surface area contributed by atoms with Crippen molar-refractivity contribution in [1.29, 1.82) is 0 Å². The van der Waals surface area contributed by atoms with Crippen LogP contribution in [0.4, 0.5) is 0 Å². The molecule has 0 bridgehead atoms. The zero-order valence-electron chi connectivity index (χ0n) is 10.4. The highest BCUT2D eigenvalue weighted by Crippen LogP contribution is 2.41. The fourth-order valence-electron chi connectivity index (χ4n) is 3.00. The van der Waals surface area contributed by atoms with Gasteiger partial charge in [0.15, 0.2) is 0 Å². The molecular weight excluding hydrogens is 198 g/mol. The van der Waals surface area contributed by atoms with Gasteiger partial charge < -0.3 is 5.73 Å². The minimum Gasteiger partial charge on any atom is -0.321 e. The summed E-state index contributed by atoms with van der Waals surface area (Å²) in [6.07, 6.45) is 10.2. The molecule has 1 heterocycles. The van der Waals surface area contributed by atoms with Crippen molar-refractivity contribution in [1.82, 2.24) is 9.78 Å². The molecule has 1 aliphatic carbocycles. The third kappa shape index (κ3) is 1.88. The summed E-state index contributed by atoms with van der Waals surface area (Å²) >= 11 is 0. The zero-order chi connectivity index (χ0) is 11.6. The average Bonchev–Trinajstić information content (AvgIpc) is 2.78. The van der Waals surface area contributed by atoms with Crippen molar-refractivity contribution < 1.29 is 0 Å². The molecule has 2 N–H and O–H groups in total. The van der Waals surface area contributed by atoms with E-state index >= 15 is 0 Å². The Labute approximate surface area is 98.0 Å². The fraction of sp³-hybridized carbons (Fsp3) is 0.769. The maximum atomic E-state index is 6.65. The van der Waals surface area contributed by atoms with Crippen LogP contribution in [-0.2, 0) is 12.1 Å². The summed E-state index contributed by atoms with van der Waals surface area (Å²) in [5, 5.41) is 4.36. The van der Waals surface area contributed by atoms with Gasteiger partial charge in [-0.05, 0) is 25.7 Å². The van der Waals surface area contributed by atoms with E-state index in [4.69, 9.17) is 5.73 Å². The third-order valence-corrected chi connectivity index (χ3v) is 4.11. The molecule has 1 aliphatic rings. The molecule has 16 heavy (non-hydrogen) atoms. The fourth-order valence-corrected chi connectivity index (χ4v) is 3.00. The highest BCUT2D eigenvalue weighted by molar-refractivity contribution is 5.20.